The first kappa shape index (κ1) is 18.4. The van der Waals surface area contributed by atoms with Crippen molar-refractivity contribution >= 4 is 11.8 Å². The Balaban J connectivity index is 1.27. The van der Waals surface area contributed by atoms with Crippen molar-refractivity contribution in [1.29, 1.82) is 0 Å². The average Bonchev–Trinajstić information content (AvgIpc) is 3.10. The van der Waals surface area contributed by atoms with E-state index >= 15 is 0 Å². The molecule has 28 heavy (non-hydrogen) atoms. The molecule has 7 atom stereocenters. The van der Waals surface area contributed by atoms with Crippen LogP contribution in [0.3, 0.4) is 0 Å². The van der Waals surface area contributed by atoms with Crippen LogP contribution in [0.2, 0.25) is 0 Å². The van der Waals surface area contributed by atoms with Gasteiger partial charge in [-0.3, -0.25) is 4.79 Å². The Bertz CT molecular complexity index is 756. The lowest BCUT2D eigenvalue weighted by molar-refractivity contribution is -0.130. The molecule has 0 aromatic heterocycles. The molecule has 1 aromatic carbocycles. The Labute approximate surface area is 168 Å². The summed E-state index contributed by atoms with van der Waals surface area (Å²) < 4.78 is 5.91. The molecule has 4 saturated carbocycles. The highest BCUT2D eigenvalue weighted by Gasteiger charge is 2.56. The summed E-state index contributed by atoms with van der Waals surface area (Å²) in [6.45, 7) is 2.51. The van der Waals surface area contributed by atoms with E-state index in [1.54, 1.807) is 0 Å². The van der Waals surface area contributed by atoms with Gasteiger partial charge in [-0.15, -0.1) is 0 Å². The SMILES string of the molecule is C[C@]12CC[C@@H](OC(=O)c3ccccc3)C[C@@H]1CC[C@H]1[C@@H]3CCC(=O)[C@@H]3CC[C@@H]12. The standard InChI is InChI=1S/C25H32O3/c1-25-14-13-18(28-24(27)16-5-3-2-4-6-16)15-17(25)7-8-20-19-10-12-23(26)21(19)9-11-22(20)25/h2-6,17-22H,7-15H2,1H3/t17-,18+,19-,20-,21+,22-,25-/m0/s1. The van der Waals surface area contributed by atoms with Crippen molar-refractivity contribution in [3.63, 3.8) is 0 Å². The fourth-order valence-electron chi connectivity index (χ4n) is 7.54. The lowest BCUT2D eigenvalue weighted by Crippen LogP contribution is -2.52. The second kappa shape index (κ2) is 7.00. The molecule has 0 N–H and O–H groups in total. The molecule has 0 saturated heterocycles. The average molecular weight is 381 g/mol. The van der Waals surface area contributed by atoms with E-state index < -0.39 is 0 Å². The van der Waals surface area contributed by atoms with Crippen molar-refractivity contribution in [3.05, 3.63) is 35.9 Å². The molecule has 3 nitrogen and oxygen atoms in total. The Morgan fingerprint density at radius 2 is 1.82 bits per heavy atom. The summed E-state index contributed by atoms with van der Waals surface area (Å²) in [6.07, 6.45) is 10.1. The Hall–Kier alpha value is -1.64. The largest absolute Gasteiger partial charge is 0.459 e. The molecule has 0 amide bonds. The summed E-state index contributed by atoms with van der Waals surface area (Å²) in [5.74, 6) is 3.60. The van der Waals surface area contributed by atoms with Gasteiger partial charge in [0.05, 0.1) is 5.56 Å². The van der Waals surface area contributed by atoms with E-state index in [9.17, 15) is 9.59 Å². The number of carbonyl (C=O) groups is 2. The molecular weight excluding hydrogens is 348 g/mol. The van der Waals surface area contributed by atoms with Gasteiger partial charge < -0.3 is 4.74 Å². The molecule has 4 aliphatic rings. The number of fused-ring (bicyclic) bond motifs is 5. The maximum Gasteiger partial charge on any atom is 0.338 e. The van der Waals surface area contributed by atoms with Crippen molar-refractivity contribution < 1.29 is 14.3 Å². The Morgan fingerprint density at radius 1 is 1.00 bits per heavy atom. The Morgan fingerprint density at radius 3 is 2.64 bits per heavy atom. The summed E-state index contributed by atoms with van der Waals surface area (Å²) >= 11 is 0. The minimum Gasteiger partial charge on any atom is -0.459 e. The minimum atomic E-state index is -0.173. The topological polar surface area (TPSA) is 43.4 Å². The molecule has 0 bridgehead atoms. The molecule has 0 heterocycles. The summed E-state index contributed by atoms with van der Waals surface area (Å²) in [4.78, 5) is 24.7. The van der Waals surface area contributed by atoms with Gasteiger partial charge in [-0.25, -0.2) is 4.79 Å². The molecular formula is C25H32O3. The maximum atomic E-state index is 12.5. The predicted molar refractivity (Wildman–Crippen MR) is 108 cm³/mol. The van der Waals surface area contributed by atoms with Crippen LogP contribution in [-0.2, 0) is 9.53 Å². The lowest BCUT2D eigenvalue weighted by atomic mass is 9.47. The molecule has 0 unspecified atom stereocenters. The van der Waals surface area contributed by atoms with E-state index in [0.717, 1.165) is 50.4 Å². The predicted octanol–water partition coefficient (Wildman–Crippen LogP) is 5.43. The number of ether oxygens (including phenoxy) is 1. The maximum absolute atomic E-state index is 12.5. The van der Waals surface area contributed by atoms with Crippen LogP contribution in [0, 0.1) is 35.0 Å². The summed E-state index contributed by atoms with van der Waals surface area (Å²) in [6, 6.07) is 9.37. The van der Waals surface area contributed by atoms with Crippen LogP contribution in [0.15, 0.2) is 30.3 Å². The zero-order valence-corrected chi connectivity index (χ0v) is 16.9. The van der Waals surface area contributed by atoms with Gasteiger partial charge in [0, 0.05) is 12.3 Å². The van der Waals surface area contributed by atoms with Crippen LogP contribution in [0.4, 0.5) is 0 Å². The molecule has 5 rings (SSSR count). The van der Waals surface area contributed by atoms with Gasteiger partial charge in [0.2, 0.25) is 0 Å². The van der Waals surface area contributed by atoms with Gasteiger partial charge in [0.15, 0.2) is 0 Å². The van der Waals surface area contributed by atoms with Crippen LogP contribution in [0.25, 0.3) is 0 Å². The lowest BCUT2D eigenvalue weighted by Gasteiger charge is -2.58. The van der Waals surface area contributed by atoms with E-state index in [0.29, 0.717) is 34.5 Å². The number of benzene rings is 1. The molecule has 4 fully saturated rings. The van der Waals surface area contributed by atoms with Gasteiger partial charge in [0.1, 0.15) is 11.9 Å². The minimum absolute atomic E-state index is 0.0618. The second-order valence-electron chi connectivity index (χ2n) is 10.1. The van der Waals surface area contributed by atoms with Gasteiger partial charge in [-0.2, -0.15) is 0 Å². The molecule has 0 radical (unpaired) electrons. The smallest absolute Gasteiger partial charge is 0.338 e. The van der Waals surface area contributed by atoms with E-state index in [1.165, 1.54) is 19.3 Å². The summed E-state index contributed by atoms with van der Waals surface area (Å²) in [5.41, 5.74) is 1.03. The zero-order valence-electron chi connectivity index (χ0n) is 16.9. The summed E-state index contributed by atoms with van der Waals surface area (Å²) in [5, 5.41) is 0. The summed E-state index contributed by atoms with van der Waals surface area (Å²) in [7, 11) is 0. The number of esters is 1. The monoisotopic (exact) mass is 380 g/mol. The van der Waals surface area contributed by atoms with Gasteiger partial charge in [0.25, 0.3) is 0 Å². The third-order valence-corrected chi connectivity index (χ3v) is 8.97. The fourth-order valence-corrected chi connectivity index (χ4v) is 7.54. The van der Waals surface area contributed by atoms with Crippen molar-refractivity contribution in [2.24, 2.45) is 35.0 Å². The second-order valence-corrected chi connectivity index (χ2v) is 10.1. The fraction of sp³-hybridized carbons (Fsp3) is 0.680. The number of hydrogen-bond donors (Lipinski definition) is 0. The highest BCUT2D eigenvalue weighted by atomic mass is 16.5. The van der Waals surface area contributed by atoms with E-state index in [1.807, 2.05) is 30.3 Å². The highest BCUT2D eigenvalue weighted by Crippen LogP contribution is 2.62. The first-order chi connectivity index (χ1) is 13.6. The van der Waals surface area contributed by atoms with Crippen LogP contribution in [-0.4, -0.2) is 17.9 Å². The molecule has 0 spiro atoms. The van der Waals surface area contributed by atoms with E-state index in [4.69, 9.17) is 4.74 Å². The van der Waals surface area contributed by atoms with Crippen molar-refractivity contribution in [1.82, 2.24) is 0 Å². The number of ketones is 1. The van der Waals surface area contributed by atoms with Crippen molar-refractivity contribution in [2.75, 3.05) is 0 Å². The molecule has 4 aliphatic carbocycles. The molecule has 150 valence electrons. The molecule has 0 aliphatic heterocycles. The van der Waals surface area contributed by atoms with Crippen LogP contribution >= 0.6 is 0 Å². The first-order valence-electron chi connectivity index (χ1n) is 11.3. The first-order valence-corrected chi connectivity index (χ1v) is 11.3. The van der Waals surface area contributed by atoms with Crippen LogP contribution in [0.1, 0.15) is 75.1 Å². The number of rotatable bonds is 2. The number of carbonyl (C=O) groups excluding carboxylic acids is 2. The van der Waals surface area contributed by atoms with E-state index in [2.05, 4.69) is 6.92 Å². The quantitative estimate of drug-likeness (QED) is 0.642. The van der Waals surface area contributed by atoms with Gasteiger partial charge in [-0.1, -0.05) is 25.1 Å². The third kappa shape index (κ3) is 2.93. The molecule has 1 aromatic rings. The normalized spacial score (nSPS) is 42.2. The third-order valence-electron chi connectivity index (χ3n) is 8.97. The highest BCUT2D eigenvalue weighted by molar-refractivity contribution is 5.89. The van der Waals surface area contributed by atoms with Crippen molar-refractivity contribution in [3.8, 4) is 0 Å². The van der Waals surface area contributed by atoms with Crippen LogP contribution in [0.5, 0.6) is 0 Å². The molecule has 3 heteroatoms. The van der Waals surface area contributed by atoms with Crippen molar-refractivity contribution in [2.45, 2.75) is 70.8 Å². The Kier molecular flexibility index (Phi) is 4.60. The number of Topliss-reactive ketones (excluding diaryl/α,β-unsaturated/α-hetero) is 1. The number of hydrogen-bond acceptors (Lipinski definition) is 3. The zero-order chi connectivity index (χ0) is 19.3. The van der Waals surface area contributed by atoms with Gasteiger partial charge >= 0.3 is 5.97 Å². The van der Waals surface area contributed by atoms with Crippen LogP contribution < -0.4 is 0 Å². The van der Waals surface area contributed by atoms with Gasteiger partial charge in [-0.05, 0) is 92.6 Å². The van der Waals surface area contributed by atoms with E-state index in [-0.39, 0.29) is 12.1 Å².